The predicted molar refractivity (Wildman–Crippen MR) is 81.8 cm³/mol. The van der Waals surface area contributed by atoms with Gasteiger partial charge in [-0.3, -0.25) is 0 Å². The molecule has 0 atom stereocenters. The summed E-state index contributed by atoms with van der Waals surface area (Å²) in [7, 11) is 0. The summed E-state index contributed by atoms with van der Waals surface area (Å²) in [6.45, 7) is 5.50. The van der Waals surface area contributed by atoms with Crippen LogP contribution in [0.2, 0.25) is 0 Å². The Hall–Kier alpha value is -2.96. The van der Waals surface area contributed by atoms with Gasteiger partial charge in [0.15, 0.2) is 0 Å². The summed E-state index contributed by atoms with van der Waals surface area (Å²) in [5.74, 6) is 0.158. The third-order valence-electron chi connectivity index (χ3n) is 3.22. The van der Waals surface area contributed by atoms with Crippen molar-refractivity contribution in [2.75, 3.05) is 0 Å². The molecule has 1 N–H and O–H groups in total. The molecule has 0 amide bonds. The Morgan fingerprint density at radius 1 is 1.00 bits per heavy atom. The van der Waals surface area contributed by atoms with Gasteiger partial charge >= 0.3 is 11.4 Å². The lowest BCUT2D eigenvalue weighted by molar-refractivity contribution is 0.756. The smallest absolute Gasteiger partial charge is 0.246 e. The van der Waals surface area contributed by atoms with Crippen molar-refractivity contribution in [3.8, 4) is 11.6 Å². The van der Waals surface area contributed by atoms with Crippen LogP contribution in [0.1, 0.15) is 17.0 Å². The van der Waals surface area contributed by atoms with E-state index in [4.69, 9.17) is 0 Å². The molecule has 0 bridgehead atoms. The Kier molecular flexibility index (Phi) is 3.25. The molecule has 0 spiro atoms. The summed E-state index contributed by atoms with van der Waals surface area (Å²) in [4.78, 5) is 33.1. The third kappa shape index (κ3) is 2.37. The normalized spacial score (nSPS) is 10.9. The SMILES string of the molecule is Cc1cccc(-n2c(=O)[nH]n(-c3nc(C)cc(C)n3)c2=O)c1. The van der Waals surface area contributed by atoms with Gasteiger partial charge in [0.25, 0.3) is 5.95 Å². The number of benzene rings is 1. The maximum absolute atomic E-state index is 12.5. The summed E-state index contributed by atoms with van der Waals surface area (Å²) < 4.78 is 2.12. The molecule has 2 aromatic heterocycles. The fourth-order valence-electron chi connectivity index (χ4n) is 2.32. The number of aryl methyl sites for hydroxylation is 3. The molecule has 7 nitrogen and oxygen atoms in total. The van der Waals surface area contributed by atoms with E-state index in [1.54, 1.807) is 38.1 Å². The largest absolute Gasteiger partial charge is 0.359 e. The molecular weight excluding hydrogens is 282 g/mol. The maximum Gasteiger partial charge on any atom is 0.359 e. The van der Waals surface area contributed by atoms with E-state index in [2.05, 4.69) is 15.1 Å². The van der Waals surface area contributed by atoms with Gasteiger partial charge in [-0.15, -0.1) is 0 Å². The van der Waals surface area contributed by atoms with Crippen molar-refractivity contribution in [1.82, 2.24) is 24.3 Å². The van der Waals surface area contributed by atoms with Crippen molar-refractivity contribution in [2.45, 2.75) is 20.8 Å². The highest BCUT2D eigenvalue weighted by atomic mass is 16.2. The van der Waals surface area contributed by atoms with Gasteiger partial charge in [0.1, 0.15) is 0 Å². The van der Waals surface area contributed by atoms with Crippen molar-refractivity contribution in [1.29, 1.82) is 0 Å². The first kappa shape index (κ1) is 14.0. The fraction of sp³-hybridized carbons (Fsp3) is 0.200. The Morgan fingerprint density at radius 3 is 2.32 bits per heavy atom. The van der Waals surface area contributed by atoms with Gasteiger partial charge in [-0.2, -0.15) is 4.68 Å². The first-order valence-corrected chi connectivity index (χ1v) is 6.79. The maximum atomic E-state index is 12.5. The van der Waals surface area contributed by atoms with E-state index in [0.717, 1.165) is 26.2 Å². The molecule has 3 rings (SSSR count). The van der Waals surface area contributed by atoms with Gasteiger partial charge in [0.2, 0.25) is 0 Å². The van der Waals surface area contributed by atoms with Crippen LogP contribution in [0, 0.1) is 20.8 Å². The zero-order valence-corrected chi connectivity index (χ0v) is 12.5. The number of hydrogen-bond donors (Lipinski definition) is 1. The minimum atomic E-state index is -0.529. The van der Waals surface area contributed by atoms with Crippen molar-refractivity contribution in [3.63, 3.8) is 0 Å². The van der Waals surface area contributed by atoms with Gasteiger partial charge < -0.3 is 0 Å². The van der Waals surface area contributed by atoms with E-state index < -0.39 is 11.4 Å². The summed E-state index contributed by atoms with van der Waals surface area (Å²) in [6.07, 6.45) is 0. The summed E-state index contributed by atoms with van der Waals surface area (Å²) in [5, 5.41) is 2.49. The molecule has 0 aliphatic heterocycles. The number of nitrogens with one attached hydrogen (secondary N) is 1. The molecule has 112 valence electrons. The van der Waals surface area contributed by atoms with Gasteiger partial charge in [-0.1, -0.05) is 12.1 Å². The molecule has 3 aromatic rings. The van der Waals surface area contributed by atoms with Crippen molar-refractivity contribution in [2.24, 2.45) is 0 Å². The second kappa shape index (κ2) is 5.10. The monoisotopic (exact) mass is 297 g/mol. The summed E-state index contributed by atoms with van der Waals surface area (Å²) in [5.41, 5.74) is 1.85. The predicted octanol–water partition coefficient (Wildman–Crippen LogP) is 1.03. The summed E-state index contributed by atoms with van der Waals surface area (Å²) in [6, 6.07) is 8.96. The van der Waals surface area contributed by atoms with Crippen LogP contribution in [0.5, 0.6) is 0 Å². The second-order valence-electron chi connectivity index (χ2n) is 5.16. The number of nitrogens with zero attached hydrogens (tertiary/aromatic N) is 4. The molecule has 0 unspecified atom stereocenters. The van der Waals surface area contributed by atoms with Crippen molar-refractivity contribution >= 4 is 0 Å². The lowest BCUT2D eigenvalue weighted by Gasteiger charge is -2.02. The minimum absolute atomic E-state index is 0.158. The Morgan fingerprint density at radius 2 is 1.68 bits per heavy atom. The molecule has 0 saturated heterocycles. The molecule has 0 radical (unpaired) electrons. The number of aromatic nitrogens is 5. The van der Waals surface area contributed by atoms with Crippen LogP contribution >= 0.6 is 0 Å². The third-order valence-corrected chi connectivity index (χ3v) is 3.22. The standard InChI is InChI=1S/C15H15N5O2/c1-9-5-4-6-12(7-9)19-14(21)18-20(15(19)22)13-16-10(2)8-11(3)17-13/h4-8H,1-3H3,(H,18,21). The van der Waals surface area contributed by atoms with Gasteiger partial charge in [-0.05, 0) is 44.5 Å². The van der Waals surface area contributed by atoms with E-state index in [1.807, 2.05) is 13.0 Å². The van der Waals surface area contributed by atoms with E-state index in [-0.39, 0.29) is 5.95 Å². The Bertz CT molecular complexity index is 944. The molecule has 0 aliphatic carbocycles. The Balaban J connectivity index is 2.23. The van der Waals surface area contributed by atoms with E-state index in [9.17, 15) is 9.59 Å². The summed E-state index contributed by atoms with van der Waals surface area (Å²) >= 11 is 0. The van der Waals surface area contributed by atoms with Crippen LogP contribution in [0.3, 0.4) is 0 Å². The average Bonchev–Trinajstić information content (AvgIpc) is 2.73. The molecule has 0 saturated carbocycles. The molecular formula is C15H15N5O2. The molecule has 7 heteroatoms. The van der Waals surface area contributed by atoms with Gasteiger partial charge in [0, 0.05) is 11.4 Å². The Labute approximate surface area is 125 Å². The van der Waals surface area contributed by atoms with Crippen LogP contribution in [0.25, 0.3) is 11.6 Å². The van der Waals surface area contributed by atoms with E-state index >= 15 is 0 Å². The molecule has 2 heterocycles. The second-order valence-corrected chi connectivity index (χ2v) is 5.16. The van der Waals surface area contributed by atoms with Crippen LogP contribution in [0.4, 0.5) is 0 Å². The topological polar surface area (TPSA) is 85.6 Å². The highest BCUT2D eigenvalue weighted by molar-refractivity contribution is 5.35. The lowest BCUT2D eigenvalue weighted by Crippen LogP contribution is -2.27. The quantitative estimate of drug-likeness (QED) is 0.765. The minimum Gasteiger partial charge on any atom is -0.246 e. The van der Waals surface area contributed by atoms with Crippen molar-refractivity contribution < 1.29 is 0 Å². The zero-order chi connectivity index (χ0) is 15.9. The lowest BCUT2D eigenvalue weighted by atomic mass is 10.2. The highest BCUT2D eigenvalue weighted by Crippen LogP contribution is 2.06. The van der Waals surface area contributed by atoms with Crippen LogP contribution in [0.15, 0.2) is 39.9 Å². The molecule has 0 fully saturated rings. The first-order chi connectivity index (χ1) is 10.5. The highest BCUT2D eigenvalue weighted by Gasteiger charge is 2.14. The first-order valence-electron chi connectivity index (χ1n) is 6.79. The van der Waals surface area contributed by atoms with E-state index in [0.29, 0.717) is 5.69 Å². The van der Waals surface area contributed by atoms with Gasteiger partial charge in [0.05, 0.1) is 5.69 Å². The van der Waals surface area contributed by atoms with Gasteiger partial charge in [-0.25, -0.2) is 29.2 Å². The van der Waals surface area contributed by atoms with Crippen LogP contribution in [-0.2, 0) is 0 Å². The van der Waals surface area contributed by atoms with E-state index in [1.165, 1.54) is 0 Å². The number of aromatic amines is 1. The average molecular weight is 297 g/mol. The zero-order valence-electron chi connectivity index (χ0n) is 12.5. The van der Waals surface area contributed by atoms with Crippen LogP contribution < -0.4 is 11.4 Å². The number of H-pyrrole nitrogens is 1. The molecule has 0 aliphatic rings. The van der Waals surface area contributed by atoms with Crippen molar-refractivity contribution in [3.05, 3.63) is 68.3 Å². The fourth-order valence-corrected chi connectivity index (χ4v) is 2.32. The molecule has 1 aromatic carbocycles. The number of rotatable bonds is 2. The molecule has 22 heavy (non-hydrogen) atoms. The van der Waals surface area contributed by atoms with Crippen LogP contribution in [-0.4, -0.2) is 24.3 Å². The number of hydrogen-bond acceptors (Lipinski definition) is 4.